The molecule has 1 N–H and O–H groups in total. The van der Waals surface area contributed by atoms with Crippen LogP contribution < -0.4 is 5.32 Å². The molecule has 0 spiro atoms. The number of benzene rings is 1. The quantitative estimate of drug-likeness (QED) is 0.809. The second kappa shape index (κ2) is 7.14. The van der Waals surface area contributed by atoms with Crippen LogP contribution in [0.1, 0.15) is 40.8 Å². The fraction of sp³-hybridized carbons (Fsp3) is 0.412. The summed E-state index contributed by atoms with van der Waals surface area (Å²) in [5.41, 5.74) is 0.637. The normalized spacial score (nSPS) is 12.6. The first-order valence-electron chi connectivity index (χ1n) is 7.32. The number of rotatable bonds is 6. The van der Waals surface area contributed by atoms with E-state index in [1.165, 1.54) is 17.0 Å². The summed E-state index contributed by atoms with van der Waals surface area (Å²) >= 11 is 1.71. The highest BCUT2D eigenvalue weighted by molar-refractivity contribution is 7.11. The predicted molar refractivity (Wildman–Crippen MR) is 84.9 cm³/mol. The molecule has 0 radical (unpaired) electrons. The van der Waals surface area contributed by atoms with Gasteiger partial charge in [0.05, 0.1) is 0 Å². The van der Waals surface area contributed by atoms with Crippen LogP contribution in [0.2, 0.25) is 0 Å². The Morgan fingerprint density at radius 2 is 1.81 bits per heavy atom. The summed E-state index contributed by atoms with van der Waals surface area (Å²) in [7, 11) is 0. The number of halogens is 2. The second-order valence-corrected chi connectivity index (χ2v) is 6.38. The van der Waals surface area contributed by atoms with Gasteiger partial charge in [-0.05, 0) is 43.7 Å². The Labute approximate surface area is 129 Å². The van der Waals surface area contributed by atoms with Crippen molar-refractivity contribution >= 4 is 11.3 Å². The molecule has 1 unspecified atom stereocenters. The summed E-state index contributed by atoms with van der Waals surface area (Å²) in [4.78, 5) is 2.45. The van der Waals surface area contributed by atoms with Gasteiger partial charge in [-0.1, -0.05) is 19.9 Å². The van der Waals surface area contributed by atoms with E-state index in [0.29, 0.717) is 18.5 Å². The fourth-order valence-corrected chi connectivity index (χ4v) is 3.45. The molecule has 4 heteroatoms. The Bertz CT molecular complexity index is 607. The van der Waals surface area contributed by atoms with Gasteiger partial charge in [-0.25, -0.2) is 8.78 Å². The molecule has 0 bridgehead atoms. The highest BCUT2D eigenvalue weighted by Crippen LogP contribution is 2.28. The van der Waals surface area contributed by atoms with Gasteiger partial charge in [0.25, 0.3) is 0 Å². The Balaban J connectivity index is 2.32. The predicted octanol–water partition coefficient (Wildman–Crippen LogP) is 4.79. The van der Waals surface area contributed by atoms with Crippen LogP contribution in [-0.2, 0) is 12.8 Å². The third-order valence-electron chi connectivity index (χ3n) is 3.59. The highest BCUT2D eigenvalue weighted by Gasteiger charge is 2.21. The summed E-state index contributed by atoms with van der Waals surface area (Å²) in [6.45, 7) is 6.40. The average molecular weight is 309 g/mol. The van der Waals surface area contributed by atoms with E-state index in [4.69, 9.17) is 0 Å². The summed E-state index contributed by atoms with van der Waals surface area (Å²) in [5.74, 6) is -0.912. The van der Waals surface area contributed by atoms with Gasteiger partial charge < -0.3 is 5.32 Å². The van der Waals surface area contributed by atoms with Gasteiger partial charge >= 0.3 is 0 Å². The summed E-state index contributed by atoms with van der Waals surface area (Å²) in [6.07, 6.45) is 1.60. The minimum Gasteiger partial charge on any atom is -0.310 e. The first-order valence-corrected chi connectivity index (χ1v) is 8.13. The van der Waals surface area contributed by atoms with E-state index in [2.05, 4.69) is 24.4 Å². The molecule has 0 aliphatic carbocycles. The lowest BCUT2D eigenvalue weighted by atomic mass is 9.99. The van der Waals surface area contributed by atoms with Crippen molar-refractivity contribution in [1.82, 2.24) is 5.32 Å². The SMILES string of the molecule is CCNC(Cc1ccc(CC)s1)c1c(F)ccc(C)c1F. The molecule has 0 saturated heterocycles. The lowest BCUT2D eigenvalue weighted by Gasteiger charge is -2.20. The van der Waals surface area contributed by atoms with E-state index in [1.54, 1.807) is 18.3 Å². The third kappa shape index (κ3) is 3.69. The van der Waals surface area contributed by atoms with Gasteiger partial charge in [-0.2, -0.15) is 0 Å². The van der Waals surface area contributed by atoms with Gasteiger partial charge in [-0.15, -0.1) is 11.3 Å². The molecule has 21 heavy (non-hydrogen) atoms. The molecule has 0 aliphatic rings. The third-order valence-corrected chi connectivity index (χ3v) is 4.84. The van der Waals surface area contributed by atoms with E-state index in [0.717, 1.165) is 11.3 Å². The summed E-state index contributed by atoms with van der Waals surface area (Å²) in [6, 6.07) is 6.64. The largest absolute Gasteiger partial charge is 0.310 e. The molecule has 1 aromatic carbocycles. The first kappa shape index (κ1) is 16.1. The maximum absolute atomic E-state index is 14.3. The molecule has 114 valence electrons. The topological polar surface area (TPSA) is 12.0 Å². The van der Waals surface area contributed by atoms with E-state index in [-0.39, 0.29) is 11.6 Å². The molecule has 1 aromatic heterocycles. The van der Waals surface area contributed by atoms with Gasteiger partial charge in [0.15, 0.2) is 0 Å². The number of hydrogen-bond acceptors (Lipinski definition) is 2. The van der Waals surface area contributed by atoms with Crippen LogP contribution in [0.4, 0.5) is 8.78 Å². The lowest BCUT2D eigenvalue weighted by molar-refractivity contribution is 0.472. The number of thiophene rings is 1. The van der Waals surface area contributed by atoms with Crippen LogP contribution >= 0.6 is 11.3 Å². The van der Waals surface area contributed by atoms with Crippen molar-refractivity contribution in [2.45, 2.75) is 39.7 Å². The minimum atomic E-state index is -0.476. The smallest absolute Gasteiger partial charge is 0.133 e. The van der Waals surface area contributed by atoms with Crippen molar-refractivity contribution in [3.05, 3.63) is 56.8 Å². The van der Waals surface area contributed by atoms with E-state index in [1.807, 2.05) is 6.92 Å². The Morgan fingerprint density at radius 1 is 1.10 bits per heavy atom. The molecule has 2 aromatic rings. The van der Waals surface area contributed by atoms with Crippen molar-refractivity contribution in [2.75, 3.05) is 6.54 Å². The summed E-state index contributed by atoms with van der Waals surface area (Å²) < 4.78 is 28.4. The first-order chi connectivity index (χ1) is 10.1. The molecule has 1 atom stereocenters. The molecule has 0 amide bonds. The summed E-state index contributed by atoms with van der Waals surface area (Å²) in [5, 5.41) is 3.21. The molecule has 0 aliphatic heterocycles. The zero-order valence-electron chi connectivity index (χ0n) is 12.7. The maximum atomic E-state index is 14.3. The number of aryl methyl sites for hydroxylation is 2. The van der Waals surface area contributed by atoms with Gasteiger partial charge in [0.2, 0.25) is 0 Å². The Hall–Kier alpha value is -1.26. The van der Waals surface area contributed by atoms with E-state index in [9.17, 15) is 8.78 Å². The highest BCUT2D eigenvalue weighted by atomic mass is 32.1. The molecule has 0 saturated carbocycles. The molecular weight excluding hydrogens is 288 g/mol. The minimum absolute atomic E-state index is 0.156. The Kier molecular flexibility index (Phi) is 5.48. The van der Waals surface area contributed by atoms with Crippen LogP contribution in [0, 0.1) is 18.6 Å². The lowest BCUT2D eigenvalue weighted by Crippen LogP contribution is -2.25. The molecule has 1 heterocycles. The monoisotopic (exact) mass is 309 g/mol. The van der Waals surface area contributed by atoms with Crippen molar-refractivity contribution in [1.29, 1.82) is 0 Å². The van der Waals surface area contributed by atoms with Crippen molar-refractivity contribution in [3.63, 3.8) is 0 Å². The van der Waals surface area contributed by atoms with Gasteiger partial charge in [-0.3, -0.25) is 0 Å². The molecular formula is C17H21F2NS. The van der Waals surface area contributed by atoms with Crippen LogP contribution in [0.5, 0.6) is 0 Å². The molecule has 1 nitrogen and oxygen atoms in total. The van der Waals surface area contributed by atoms with Gasteiger partial charge in [0, 0.05) is 27.8 Å². The standard InChI is InChI=1S/C17H21F2NS/c1-4-12-7-8-13(21-12)10-15(20-5-2)16-14(18)9-6-11(3)17(16)19/h6-9,15,20H,4-5,10H2,1-3H3. The van der Waals surface area contributed by atoms with Crippen molar-refractivity contribution in [2.24, 2.45) is 0 Å². The fourth-order valence-electron chi connectivity index (χ4n) is 2.44. The van der Waals surface area contributed by atoms with Crippen LogP contribution in [0.25, 0.3) is 0 Å². The molecule has 0 fully saturated rings. The molecule has 2 rings (SSSR count). The van der Waals surface area contributed by atoms with Crippen molar-refractivity contribution in [3.8, 4) is 0 Å². The number of likely N-dealkylation sites (N-methyl/N-ethyl adjacent to an activating group) is 1. The van der Waals surface area contributed by atoms with E-state index >= 15 is 0 Å². The Morgan fingerprint density at radius 3 is 2.43 bits per heavy atom. The van der Waals surface area contributed by atoms with Crippen molar-refractivity contribution < 1.29 is 8.78 Å². The van der Waals surface area contributed by atoms with Crippen LogP contribution in [0.15, 0.2) is 24.3 Å². The maximum Gasteiger partial charge on any atom is 0.133 e. The second-order valence-electron chi connectivity index (χ2n) is 5.13. The number of hydrogen-bond donors (Lipinski definition) is 1. The van der Waals surface area contributed by atoms with Crippen LogP contribution in [0.3, 0.4) is 0 Å². The van der Waals surface area contributed by atoms with Crippen LogP contribution in [-0.4, -0.2) is 6.54 Å². The van der Waals surface area contributed by atoms with Gasteiger partial charge in [0.1, 0.15) is 11.6 Å². The zero-order valence-corrected chi connectivity index (χ0v) is 13.5. The zero-order chi connectivity index (χ0) is 15.4. The number of nitrogens with one attached hydrogen (secondary N) is 1. The van der Waals surface area contributed by atoms with E-state index < -0.39 is 11.6 Å². The average Bonchev–Trinajstić information content (AvgIpc) is 2.91.